The fraction of sp³-hybridized carbons (Fsp3) is 0.500. The van der Waals surface area contributed by atoms with Crippen LogP contribution in [0.15, 0.2) is 35.5 Å². The molecule has 1 aliphatic heterocycles. The van der Waals surface area contributed by atoms with E-state index in [1.54, 1.807) is 0 Å². The van der Waals surface area contributed by atoms with Crippen molar-refractivity contribution in [1.29, 1.82) is 0 Å². The molecule has 7 nitrogen and oxygen atoms in total. The van der Waals surface area contributed by atoms with Gasteiger partial charge in [-0.2, -0.15) is 13.2 Å². The van der Waals surface area contributed by atoms with Gasteiger partial charge in [0, 0.05) is 17.3 Å². The van der Waals surface area contributed by atoms with Gasteiger partial charge in [-0.3, -0.25) is 9.59 Å². The number of amides is 2. The Morgan fingerprint density at radius 2 is 1.81 bits per heavy atom. The summed E-state index contributed by atoms with van der Waals surface area (Å²) < 4.78 is 53.5. The largest absolute Gasteiger partial charge is 0.497 e. The fourth-order valence-electron chi connectivity index (χ4n) is 4.47. The number of esters is 1. The molecule has 1 heterocycles. The van der Waals surface area contributed by atoms with Crippen LogP contribution in [-0.2, 0) is 14.3 Å². The lowest BCUT2D eigenvalue weighted by Crippen LogP contribution is -2.66. The maximum atomic E-state index is 14.6. The van der Waals surface area contributed by atoms with E-state index in [-0.39, 0.29) is 17.0 Å². The molecule has 1 saturated carbocycles. The Hall–Kier alpha value is -3.04. The van der Waals surface area contributed by atoms with Crippen LogP contribution in [0.4, 0.5) is 13.2 Å². The number of methoxy groups -OCH3 is 2. The van der Waals surface area contributed by atoms with E-state index in [1.807, 2.05) is 5.32 Å². The summed E-state index contributed by atoms with van der Waals surface area (Å²) >= 11 is 0. The molecule has 1 N–H and O–H groups in total. The lowest BCUT2D eigenvalue weighted by Gasteiger charge is -2.36. The second kappa shape index (κ2) is 8.84. The highest BCUT2D eigenvalue weighted by Crippen LogP contribution is 2.47. The molecule has 0 aromatic heterocycles. The number of hydrogen-bond donors (Lipinski definition) is 1. The van der Waals surface area contributed by atoms with Gasteiger partial charge in [-0.25, -0.2) is 4.79 Å². The normalized spacial score (nSPS) is 22.2. The SMILES string of the molecule is COC(=O)C1=C(C)N(C2CCCCC2)C(=O)[C@]1(NC(=O)c1cccc(OC)c1)C(F)(F)F. The minimum absolute atomic E-state index is 0.154. The summed E-state index contributed by atoms with van der Waals surface area (Å²) in [5.74, 6) is -3.64. The number of nitrogens with zero attached hydrogens (tertiary/aromatic N) is 1. The molecule has 2 amide bonds. The second-order valence-electron chi connectivity index (χ2n) is 7.85. The highest BCUT2D eigenvalue weighted by molar-refractivity contribution is 6.11. The van der Waals surface area contributed by atoms with E-state index in [9.17, 15) is 27.6 Å². The second-order valence-corrected chi connectivity index (χ2v) is 7.85. The fourth-order valence-corrected chi connectivity index (χ4v) is 4.47. The Morgan fingerprint density at radius 1 is 1.16 bits per heavy atom. The number of hydrogen-bond acceptors (Lipinski definition) is 5. The van der Waals surface area contributed by atoms with Gasteiger partial charge in [0.15, 0.2) is 0 Å². The van der Waals surface area contributed by atoms with Crippen LogP contribution in [0.5, 0.6) is 5.75 Å². The van der Waals surface area contributed by atoms with Crippen LogP contribution < -0.4 is 10.1 Å². The highest BCUT2D eigenvalue weighted by Gasteiger charge is 2.71. The zero-order valence-corrected chi connectivity index (χ0v) is 18.0. The molecule has 2 aliphatic rings. The molecule has 1 atom stereocenters. The molecular formula is C22H25F3N2O5. The number of allylic oxidation sites excluding steroid dienone is 1. The van der Waals surface area contributed by atoms with Gasteiger partial charge in [-0.1, -0.05) is 25.3 Å². The first-order valence-electron chi connectivity index (χ1n) is 10.2. The molecule has 1 fully saturated rings. The van der Waals surface area contributed by atoms with Crippen LogP contribution in [0.1, 0.15) is 49.4 Å². The van der Waals surface area contributed by atoms with Crippen molar-refractivity contribution in [3.8, 4) is 5.75 Å². The Balaban J connectivity index is 2.13. The molecule has 0 saturated heterocycles. The Kier molecular flexibility index (Phi) is 6.52. The molecule has 1 aromatic rings. The van der Waals surface area contributed by atoms with Crippen LogP contribution in [0.25, 0.3) is 0 Å². The van der Waals surface area contributed by atoms with Gasteiger partial charge in [0.2, 0.25) is 0 Å². The van der Waals surface area contributed by atoms with Gasteiger partial charge in [0.1, 0.15) is 11.3 Å². The van der Waals surface area contributed by atoms with E-state index in [4.69, 9.17) is 4.74 Å². The smallest absolute Gasteiger partial charge is 0.425 e. The van der Waals surface area contributed by atoms with E-state index >= 15 is 0 Å². The summed E-state index contributed by atoms with van der Waals surface area (Å²) in [6.45, 7) is 1.28. The van der Waals surface area contributed by atoms with E-state index in [0.717, 1.165) is 31.3 Å². The Morgan fingerprint density at radius 3 is 2.38 bits per heavy atom. The molecule has 0 bridgehead atoms. The van der Waals surface area contributed by atoms with Gasteiger partial charge < -0.3 is 19.7 Å². The Bertz CT molecular complexity index is 953. The maximum Gasteiger partial charge on any atom is 0.425 e. The van der Waals surface area contributed by atoms with Crippen LogP contribution in [0.3, 0.4) is 0 Å². The summed E-state index contributed by atoms with van der Waals surface area (Å²) in [5, 5.41) is 1.85. The quantitative estimate of drug-likeness (QED) is 0.690. The third-order valence-corrected chi connectivity index (χ3v) is 6.03. The molecule has 1 aliphatic carbocycles. The molecule has 3 rings (SSSR count). The van der Waals surface area contributed by atoms with Crippen LogP contribution in [0.2, 0.25) is 0 Å². The first-order chi connectivity index (χ1) is 15.1. The van der Waals surface area contributed by atoms with E-state index in [2.05, 4.69) is 4.74 Å². The van der Waals surface area contributed by atoms with E-state index < -0.39 is 41.1 Å². The zero-order chi connectivity index (χ0) is 23.7. The Labute approximate surface area is 183 Å². The van der Waals surface area contributed by atoms with Crippen molar-refractivity contribution in [1.82, 2.24) is 10.2 Å². The minimum atomic E-state index is -5.30. The van der Waals surface area contributed by atoms with Crippen molar-refractivity contribution >= 4 is 17.8 Å². The number of halogens is 3. The number of carbonyl (C=O) groups is 3. The van der Waals surface area contributed by atoms with Crippen LogP contribution in [-0.4, -0.2) is 54.7 Å². The monoisotopic (exact) mass is 454 g/mol. The summed E-state index contributed by atoms with van der Waals surface area (Å²) in [6, 6.07) is 4.99. The van der Waals surface area contributed by atoms with Gasteiger partial charge >= 0.3 is 12.1 Å². The van der Waals surface area contributed by atoms with Crippen molar-refractivity contribution in [2.45, 2.75) is 56.8 Å². The van der Waals surface area contributed by atoms with Crippen molar-refractivity contribution in [3.63, 3.8) is 0 Å². The number of rotatable bonds is 5. The highest BCUT2D eigenvalue weighted by atomic mass is 19.4. The molecule has 10 heteroatoms. The summed E-state index contributed by atoms with van der Waals surface area (Å²) in [6.07, 6.45) is -1.85. The average molecular weight is 454 g/mol. The summed E-state index contributed by atoms with van der Waals surface area (Å²) in [4.78, 5) is 39.9. The number of nitrogens with one attached hydrogen (secondary N) is 1. The molecule has 32 heavy (non-hydrogen) atoms. The lowest BCUT2D eigenvalue weighted by molar-refractivity contribution is -0.193. The predicted octanol–water partition coefficient (Wildman–Crippen LogP) is 3.35. The maximum absolute atomic E-state index is 14.6. The van der Waals surface area contributed by atoms with Crippen molar-refractivity contribution < 1.29 is 37.0 Å². The number of benzene rings is 1. The van der Waals surface area contributed by atoms with Crippen molar-refractivity contribution in [2.75, 3.05) is 14.2 Å². The van der Waals surface area contributed by atoms with Crippen molar-refractivity contribution in [3.05, 3.63) is 41.1 Å². The molecular weight excluding hydrogens is 429 g/mol. The molecule has 0 spiro atoms. The number of carbonyl (C=O) groups excluding carboxylic acids is 3. The first kappa shape index (κ1) is 23.6. The van der Waals surface area contributed by atoms with Crippen LogP contribution in [0, 0.1) is 0 Å². The zero-order valence-electron chi connectivity index (χ0n) is 18.0. The number of ether oxygens (including phenoxy) is 2. The van der Waals surface area contributed by atoms with Crippen LogP contribution >= 0.6 is 0 Å². The average Bonchev–Trinajstić information content (AvgIpc) is 3.00. The molecule has 0 unspecified atom stereocenters. The lowest BCUT2D eigenvalue weighted by atomic mass is 9.88. The van der Waals surface area contributed by atoms with E-state index in [0.29, 0.717) is 12.8 Å². The summed E-state index contributed by atoms with van der Waals surface area (Å²) in [5.41, 5.74) is -4.78. The summed E-state index contributed by atoms with van der Waals surface area (Å²) in [7, 11) is 2.28. The molecule has 174 valence electrons. The van der Waals surface area contributed by atoms with Gasteiger partial charge in [-0.15, -0.1) is 0 Å². The van der Waals surface area contributed by atoms with Crippen molar-refractivity contribution in [2.24, 2.45) is 0 Å². The van der Waals surface area contributed by atoms with Gasteiger partial charge in [0.05, 0.1) is 14.2 Å². The third kappa shape index (κ3) is 3.82. The van der Waals surface area contributed by atoms with Gasteiger partial charge in [-0.05, 0) is 38.0 Å². The number of alkyl halides is 3. The first-order valence-corrected chi connectivity index (χ1v) is 10.2. The van der Waals surface area contributed by atoms with Gasteiger partial charge in [0.25, 0.3) is 17.4 Å². The van der Waals surface area contributed by atoms with E-state index in [1.165, 1.54) is 38.3 Å². The molecule has 0 radical (unpaired) electrons. The predicted molar refractivity (Wildman–Crippen MR) is 108 cm³/mol. The minimum Gasteiger partial charge on any atom is -0.497 e. The molecule has 1 aromatic carbocycles. The topological polar surface area (TPSA) is 84.9 Å². The third-order valence-electron chi connectivity index (χ3n) is 6.03. The standard InChI is InChI=1S/C22H25F3N2O5/c1-13-17(19(29)32-3)21(22(23,24)25,20(30)27(13)15-9-5-4-6-10-15)26-18(28)14-8-7-11-16(12-14)31-2/h7-8,11-12,15H,4-6,9-10H2,1-3H3,(H,26,28)/t21-/m0/s1.